The highest BCUT2D eigenvalue weighted by Crippen LogP contribution is 2.20. The second kappa shape index (κ2) is 6.73. The molecule has 0 radical (unpaired) electrons. The van der Waals surface area contributed by atoms with Gasteiger partial charge >= 0.3 is 0 Å². The van der Waals surface area contributed by atoms with Crippen molar-refractivity contribution in [1.29, 1.82) is 0 Å². The van der Waals surface area contributed by atoms with Crippen molar-refractivity contribution in [2.24, 2.45) is 5.92 Å². The molecule has 1 aromatic rings. The van der Waals surface area contributed by atoms with E-state index in [1.54, 1.807) is 0 Å². The lowest BCUT2D eigenvalue weighted by Crippen LogP contribution is -2.50. The highest BCUT2D eigenvalue weighted by Gasteiger charge is 2.27. The third-order valence-electron chi connectivity index (χ3n) is 4.49. The van der Waals surface area contributed by atoms with Gasteiger partial charge in [0, 0.05) is 50.9 Å². The van der Waals surface area contributed by atoms with Gasteiger partial charge in [0.1, 0.15) is 5.82 Å². The summed E-state index contributed by atoms with van der Waals surface area (Å²) in [6, 6.07) is 6.70. The maximum absolute atomic E-state index is 13.0. The summed E-state index contributed by atoms with van der Waals surface area (Å²) in [4.78, 5) is 4.67. The molecule has 2 heterocycles. The van der Waals surface area contributed by atoms with E-state index < -0.39 is 0 Å². The fourth-order valence-electron chi connectivity index (χ4n) is 3.13. The molecule has 0 bridgehead atoms. The largest absolute Gasteiger partial charge is 0.393 e. The van der Waals surface area contributed by atoms with Gasteiger partial charge in [-0.05, 0) is 30.7 Å². The molecule has 2 aliphatic rings. The van der Waals surface area contributed by atoms with Crippen molar-refractivity contribution < 1.29 is 14.2 Å². The minimum absolute atomic E-state index is 0.191. The quantitative estimate of drug-likeness (QED) is 0.913. The molecule has 3 rings (SSSR count). The molecule has 1 N–H and O–H groups in total. The maximum atomic E-state index is 13.0. The molecule has 0 amide bonds. The summed E-state index contributed by atoms with van der Waals surface area (Å²) >= 11 is 0. The van der Waals surface area contributed by atoms with Crippen LogP contribution in [0.1, 0.15) is 6.42 Å². The lowest BCUT2D eigenvalue weighted by atomic mass is 9.98. The summed E-state index contributed by atoms with van der Waals surface area (Å²) in [5, 5.41) is 10.0. The average Bonchev–Trinajstić information content (AvgIpc) is 2.51. The van der Waals surface area contributed by atoms with Crippen LogP contribution in [0.25, 0.3) is 0 Å². The molecule has 2 saturated heterocycles. The van der Waals surface area contributed by atoms with Crippen LogP contribution in [-0.4, -0.2) is 62.0 Å². The molecule has 1 aromatic carbocycles. The van der Waals surface area contributed by atoms with Crippen LogP contribution < -0.4 is 4.90 Å². The number of aliphatic hydroxyl groups excluding tert-OH is 1. The minimum atomic E-state index is -0.228. The van der Waals surface area contributed by atoms with Gasteiger partial charge in [0.15, 0.2) is 0 Å². The van der Waals surface area contributed by atoms with Gasteiger partial charge in [-0.1, -0.05) is 0 Å². The van der Waals surface area contributed by atoms with Crippen molar-refractivity contribution in [3.05, 3.63) is 30.1 Å². The number of anilines is 1. The Kier molecular flexibility index (Phi) is 4.73. The first-order valence-corrected chi connectivity index (χ1v) is 7.71. The number of piperazine rings is 1. The monoisotopic (exact) mass is 294 g/mol. The second-order valence-corrected chi connectivity index (χ2v) is 5.96. The number of hydrogen-bond donors (Lipinski definition) is 1. The first-order chi connectivity index (χ1) is 10.2. The molecule has 0 aromatic heterocycles. The van der Waals surface area contributed by atoms with E-state index in [0.717, 1.165) is 44.8 Å². The summed E-state index contributed by atoms with van der Waals surface area (Å²) in [7, 11) is 0. The third-order valence-corrected chi connectivity index (χ3v) is 4.49. The van der Waals surface area contributed by atoms with Crippen LogP contribution >= 0.6 is 0 Å². The molecule has 4 nitrogen and oxygen atoms in total. The zero-order valence-electron chi connectivity index (χ0n) is 12.2. The maximum Gasteiger partial charge on any atom is 0.123 e. The van der Waals surface area contributed by atoms with Gasteiger partial charge in [0.05, 0.1) is 12.7 Å². The normalized spacial score (nSPS) is 27.8. The van der Waals surface area contributed by atoms with Crippen LogP contribution in [0.3, 0.4) is 0 Å². The summed E-state index contributed by atoms with van der Waals surface area (Å²) in [5.74, 6) is 0.0415. The van der Waals surface area contributed by atoms with E-state index in [4.69, 9.17) is 4.74 Å². The first kappa shape index (κ1) is 14.8. The lowest BCUT2D eigenvalue weighted by molar-refractivity contribution is -0.0469. The summed E-state index contributed by atoms with van der Waals surface area (Å²) < 4.78 is 18.4. The fraction of sp³-hybridized carbons (Fsp3) is 0.625. The van der Waals surface area contributed by atoms with E-state index in [0.29, 0.717) is 13.2 Å². The molecule has 2 unspecified atom stereocenters. The van der Waals surface area contributed by atoms with Crippen LogP contribution in [0.2, 0.25) is 0 Å². The standard InChI is InChI=1S/C16H23FN2O2/c17-14-1-3-15(4-2-14)19-8-6-18(7-9-19)11-13-12-21-10-5-16(13)20/h1-4,13,16,20H,5-12H2. The van der Waals surface area contributed by atoms with E-state index >= 15 is 0 Å². The van der Waals surface area contributed by atoms with Crippen molar-refractivity contribution in [3.8, 4) is 0 Å². The number of halogens is 1. The van der Waals surface area contributed by atoms with E-state index in [-0.39, 0.29) is 17.8 Å². The SMILES string of the molecule is OC1CCOCC1CN1CCN(c2ccc(F)cc2)CC1. The molecule has 21 heavy (non-hydrogen) atoms. The Morgan fingerprint density at radius 1 is 1.14 bits per heavy atom. The molecule has 2 fully saturated rings. The molecule has 0 saturated carbocycles. The highest BCUT2D eigenvalue weighted by molar-refractivity contribution is 5.46. The van der Waals surface area contributed by atoms with Gasteiger partial charge in [0.25, 0.3) is 0 Å². The Balaban J connectivity index is 1.49. The second-order valence-electron chi connectivity index (χ2n) is 5.96. The summed E-state index contributed by atoms with van der Waals surface area (Å²) in [6.07, 6.45) is 0.522. The van der Waals surface area contributed by atoms with Crippen molar-refractivity contribution in [2.45, 2.75) is 12.5 Å². The molecule has 0 aliphatic carbocycles. The number of benzene rings is 1. The molecule has 5 heteroatoms. The van der Waals surface area contributed by atoms with E-state index in [9.17, 15) is 9.50 Å². The van der Waals surface area contributed by atoms with E-state index in [2.05, 4.69) is 9.80 Å². The average molecular weight is 294 g/mol. The molecule has 0 spiro atoms. The number of rotatable bonds is 3. The molecule has 2 aliphatic heterocycles. The zero-order chi connectivity index (χ0) is 14.7. The van der Waals surface area contributed by atoms with Gasteiger partial charge in [-0.15, -0.1) is 0 Å². The topological polar surface area (TPSA) is 35.9 Å². The Bertz CT molecular complexity index is 446. The molecular weight excluding hydrogens is 271 g/mol. The summed E-state index contributed by atoms with van der Waals surface area (Å²) in [6.45, 7) is 6.07. The zero-order valence-corrected chi connectivity index (χ0v) is 12.2. The van der Waals surface area contributed by atoms with Crippen LogP contribution in [-0.2, 0) is 4.74 Å². The minimum Gasteiger partial charge on any atom is -0.393 e. The molecule has 116 valence electrons. The number of hydrogen-bond acceptors (Lipinski definition) is 4. The summed E-state index contributed by atoms with van der Waals surface area (Å²) in [5.41, 5.74) is 1.08. The Morgan fingerprint density at radius 2 is 1.86 bits per heavy atom. The number of nitrogens with zero attached hydrogens (tertiary/aromatic N) is 2. The Hall–Kier alpha value is -1.17. The van der Waals surface area contributed by atoms with E-state index in [1.807, 2.05) is 12.1 Å². The van der Waals surface area contributed by atoms with Crippen molar-refractivity contribution >= 4 is 5.69 Å². The Morgan fingerprint density at radius 3 is 2.52 bits per heavy atom. The van der Waals surface area contributed by atoms with Crippen LogP contribution in [0.4, 0.5) is 10.1 Å². The van der Waals surface area contributed by atoms with Gasteiger partial charge in [-0.2, -0.15) is 0 Å². The number of aliphatic hydroxyl groups is 1. The van der Waals surface area contributed by atoms with Crippen molar-refractivity contribution in [2.75, 3.05) is 50.8 Å². The smallest absolute Gasteiger partial charge is 0.123 e. The van der Waals surface area contributed by atoms with Gasteiger partial charge in [-0.25, -0.2) is 4.39 Å². The van der Waals surface area contributed by atoms with Gasteiger partial charge < -0.3 is 14.7 Å². The number of ether oxygens (including phenoxy) is 1. The van der Waals surface area contributed by atoms with Crippen LogP contribution in [0.15, 0.2) is 24.3 Å². The predicted molar refractivity (Wildman–Crippen MR) is 80.0 cm³/mol. The van der Waals surface area contributed by atoms with Crippen molar-refractivity contribution in [3.63, 3.8) is 0 Å². The lowest BCUT2D eigenvalue weighted by Gasteiger charge is -2.39. The van der Waals surface area contributed by atoms with Crippen LogP contribution in [0, 0.1) is 11.7 Å². The Labute approximate surface area is 125 Å². The van der Waals surface area contributed by atoms with Crippen molar-refractivity contribution in [1.82, 2.24) is 4.90 Å². The van der Waals surface area contributed by atoms with Crippen LogP contribution in [0.5, 0.6) is 0 Å². The molecular formula is C16H23FN2O2. The fourth-order valence-corrected chi connectivity index (χ4v) is 3.13. The highest BCUT2D eigenvalue weighted by atomic mass is 19.1. The molecule has 2 atom stereocenters. The van der Waals surface area contributed by atoms with Gasteiger partial charge in [-0.3, -0.25) is 4.90 Å². The predicted octanol–water partition coefficient (Wildman–Crippen LogP) is 1.35. The third kappa shape index (κ3) is 3.73. The van der Waals surface area contributed by atoms with Gasteiger partial charge in [0.2, 0.25) is 0 Å². The first-order valence-electron chi connectivity index (χ1n) is 7.71. The van der Waals surface area contributed by atoms with E-state index in [1.165, 1.54) is 12.1 Å².